The highest BCUT2D eigenvalue weighted by atomic mass is 15.3. The molecule has 108 valence electrons. The molecule has 1 aromatic rings. The molecular weight excluding hydrogens is 234 g/mol. The molecule has 0 aromatic carbocycles. The number of hydrogen-bond acceptors (Lipinski definition) is 2. The molecule has 1 heterocycles. The van der Waals surface area contributed by atoms with Crippen LogP contribution in [0.5, 0.6) is 0 Å². The summed E-state index contributed by atoms with van der Waals surface area (Å²) in [5, 5.41) is 8.21. The predicted octanol–water partition coefficient (Wildman–Crippen LogP) is 3.63. The second-order valence-corrected chi connectivity index (χ2v) is 6.88. The zero-order valence-corrected chi connectivity index (χ0v) is 12.9. The highest BCUT2D eigenvalue weighted by Crippen LogP contribution is 2.35. The first-order valence-corrected chi connectivity index (χ1v) is 7.79. The van der Waals surface area contributed by atoms with Crippen molar-refractivity contribution in [2.75, 3.05) is 6.54 Å². The molecule has 0 spiro atoms. The van der Waals surface area contributed by atoms with Gasteiger partial charge in [0, 0.05) is 12.7 Å². The van der Waals surface area contributed by atoms with Crippen LogP contribution in [0.3, 0.4) is 0 Å². The summed E-state index contributed by atoms with van der Waals surface area (Å²) < 4.78 is 2.21. The van der Waals surface area contributed by atoms with Crippen molar-refractivity contribution in [3.05, 3.63) is 18.0 Å². The van der Waals surface area contributed by atoms with Gasteiger partial charge in [-0.25, -0.2) is 0 Å². The Morgan fingerprint density at radius 3 is 2.58 bits per heavy atom. The van der Waals surface area contributed by atoms with Gasteiger partial charge in [-0.1, -0.05) is 27.7 Å². The molecule has 1 fully saturated rings. The maximum atomic E-state index is 4.75. The SMILES string of the molecule is CC(C)CNCc1ccn(C2CC(C)CC(C)C2)n1. The highest BCUT2D eigenvalue weighted by Gasteiger charge is 2.25. The first-order valence-electron chi connectivity index (χ1n) is 7.79. The lowest BCUT2D eigenvalue weighted by Gasteiger charge is -2.31. The van der Waals surface area contributed by atoms with Gasteiger partial charge in [-0.3, -0.25) is 4.68 Å². The second kappa shape index (κ2) is 6.56. The zero-order valence-electron chi connectivity index (χ0n) is 12.9. The number of nitrogens with zero attached hydrogens (tertiary/aromatic N) is 2. The molecule has 2 atom stereocenters. The Morgan fingerprint density at radius 2 is 1.95 bits per heavy atom. The third kappa shape index (κ3) is 4.34. The molecule has 1 aliphatic carbocycles. The fourth-order valence-corrected chi connectivity index (χ4v) is 3.28. The van der Waals surface area contributed by atoms with Gasteiger partial charge in [0.05, 0.1) is 11.7 Å². The summed E-state index contributed by atoms with van der Waals surface area (Å²) in [5.74, 6) is 2.36. The van der Waals surface area contributed by atoms with Crippen molar-refractivity contribution in [2.24, 2.45) is 17.8 Å². The first kappa shape index (κ1) is 14.6. The fraction of sp³-hybridized carbons (Fsp3) is 0.812. The van der Waals surface area contributed by atoms with E-state index in [9.17, 15) is 0 Å². The van der Waals surface area contributed by atoms with Gasteiger partial charge < -0.3 is 5.32 Å². The van der Waals surface area contributed by atoms with Crippen LogP contribution in [0, 0.1) is 17.8 Å². The minimum Gasteiger partial charge on any atom is -0.311 e. The monoisotopic (exact) mass is 263 g/mol. The van der Waals surface area contributed by atoms with Gasteiger partial charge in [-0.05, 0) is 49.6 Å². The molecule has 1 aromatic heterocycles. The average Bonchev–Trinajstić information content (AvgIpc) is 2.76. The Kier molecular flexibility index (Phi) is 5.03. The molecule has 3 nitrogen and oxygen atoms in total. The topological polar surface area (TPSA) is 29.9 Å². The van der Waals surface area contributed by atoms with Crippen LogP contribution in [-0.4, -0.2) is 16.3 Å². The van der Waals surface area contributed by atoms with Crippen molar-refractivity contribution in [3.63, 3.8) is 0 Å². The van der Waals surface area contributed by atoms with Gasteiger partial charge in [0.25, 0.3) is 0 Å². The largest absolute Gasteiger partial charge is 0.311 e. The lowest BCUT2D eigenvalue weighted by Crippen LogP contribution is -2.23. The molecule has 19 heavy (non-hydrogen) atoms. The van der Waals surface area contributed by atoms with Crippen LogP contribution >= 0.6 is 0 Å². The van der Waals surface area contributed by atoms with Gasteiger partial charge in [0.1, 0.15) is 0 Å². The quantitative estimate of drug-likeness (QED) is 0.879. The van der Waals surface area contributed by atoms with Crippen LogP contribution in [0.15, 0.2) is 12.3 Å². The van der Waals surface area contributed by atoms with E-state index in [2.05, 4.69) is 50.0 Å². The Bertz CT molecular complexity index is 373. The third-order valence-electron chi connectivity index (χ3n) is 4.05. The van der Waals surface area contributed by atoms with Crippen LogP contribution < -0.4 is 5.32 Å². The van der Waals surface area contributed by atoms with E-state index in [1.807, 2.05) is 0 Å². The lowest BCUT2D eigenvalue weighted by molar-refractivity contribution is 0.209. The van der Waals surface area contributed by atoms with Crippen LogP contribution in [-0.2, 0) is 6.54 Å². The maximum absolute atomic E-state index is 4.75. The Labute approximate surface area is 117 Å². The van der Waals surface area contributed by atoms with Gasteiger partial charge in [0.15, 0.2) is 0 Å². The molecule has 0 radical (unpaired) electrons. The van der Waals surface area contributed by atoms with Gasteiger partial charge in [-0.15, -0.1) is 0 Å². The third-order valence-corrected chi connectivity index (χ3v) is 4.05. The molecule has 0 aliphatic heterocycles. The molecule has 0 bridgehead atoms. The highest BCUT2D eigenvalue weighted by molar-refractivity contribution is 5.00. The number of aromatic nitrogens is 2. The number of rotatable bonds is 5. The minimum atomic E-state index is 0.609. The molecular formula is C16H29N3. The summed E-state index contributed by atoms with van der Waals surface area (Å²) in [7, 11) is 0. The van der Waals surface area contributed by atoms with Crippen molar-refractivity contribution < 1.29 is 0 Å². The van der Waals surface area contributed by atoms with Gasteiger partial charge >= 0.3 is 0 Å². The van der Waals surface area contributed by atoms with Crippen LogP contribution in [0.1, 0.15) is 58.7 Å². The van der Waals surface area contributed by atoms with Crippen LogP contribution in [0.25, 0.3) is 0 Å². The van der Waals surface area contributed by atoms with Crippen molar-refractivity contribution >= 4 is 0 Å². The van der Waals surface area contributed by atoms with E-state index in [1.165, 1.54) is 25.0 Å². The van der Waals surface area contributed by atoms with Crippen LogP contribution in [0.2, 0.25) is 0 Å². The van der Waals surface area contributed by atoms with E-state index in [0.717, 1.165) is 24.9 Å². The van der Waals surface area contributed by atoms with E-state index < -0.39 is 0 Å². The van der Waals surface area contributed by atoms with Crippen LogP contribution in [0.4, 0.5) is 0 Å². The summed E-state index contributed by atoms with van der Waals surface area (Å²) in [5.41, 5.74) is 1.17. The molecule has 1 aliphatic rings. The number of hydrogen-bond donors (Lipinski definition) is 1. The molecule has 1 saturated carbocycles. The standard InChI is InChI=1S/C16H29N3/c1-12(2)10-17-11-15-5-6-19(18-15)16-8-13(3)7-14(4)9-16/h5-6,12-14,16-17H,7-11H2,1-4H3. The van der Waals surface area contributed by atoms with Crippen molar-refractivity contribution in [1.29, 1.82) is 0 Å². The lowest BCUT2D eigenvalue weighted by atomic mass is 9.80. The fourth-order valence-electron chi connectivity index (χ4n) is 3.28. The van der Waals surface area contributed by atoms with E-state index in [4.69, 9.17) is 5.10 Å². The Morgan fingerprint density at radius 1 is 1.26 bits per heavy atom. The van der Waals surface area contributed by atoms with E-state index in [1.54, 1.807) is 0 Å². The molecule has 2 unspecified atom stereocenters. The van der Waals surface area contributed by atoms with Crippen molar-refractivity contribution in [1.82, 2.24) is 15.1 Å². The molecule has 0 amide bonds. The second-order valence-electron chi connectivity index (χ2n) is 6.88. The van der Waals surface area contributed by atoms with Gasteiger partial charge in [0.2, 0.25) is 0 Å². The summed E-state index contributed by atoms with van der Waals surface area (Å²) in [6.07, 6.45) is 6.11. The predicted molar refractivity (Wildman–Crippen MR) is 80.0 cm³/mol. The smallest absolute Gasteiger partial charge is 0.0762 e. The van der Waals surface area contributed by atoms with Crippen molar-refractivity contribution in [3.8, 4) is 0 Å². The molecule has 3 heteroatoms. The molecule has 0 saturated heterocycles. The number of nitrogens with one attached hydrogen (secondary N) is 1. The zero-order chi connectivity index (χ0) is 13.8. The maximum Gasteiger partial charge on any atom is 0.0762 e. The van der Waals surface area contributed by atoms with Crippen molar-refractivity contribution in [2.45, 2.75) is 59.5 Å². The Hall–Kier alpha value is -0.830. The summed E-state index contributed by atoms with van der Waals surface area (Å²) >= 11 is 0. The Balaban J connectivity index is 1.89. The van der Waals surface area contributed by atoms with E-state index in [-0.39, 0.29) is 0 Å². The first-order chi connectivity index (χ1) is 9.04. The minimum absolute atomic E-state index is 0.609. The van der Waals surface area contributed by atoms with E-state index in [0.29, 0.717) is 12.0 Å². The molecule has 2 rings (SSSR count). The summed E-state index contributed by atoms with van der Waals surface area (Å²) in [6.45, 7) is 11.2. The van der Waals surface area contributed by atoms with E-state index >= 15 is 0 Å². The normalized spacial score (nSPS) is 27.9. The average molecular weight is 263 g/mol. The molecule has 1 N–H and O–H groups in total. The van der Waals surface area contributed by atoms with Gasteiger partial charge in [-0.2, -0.15) is 5.10 Å². The summed E-state index contributed by atoms with van der Waals surface area (Å²) in [6, 6.07) is 2.77. The summed E-state index contributed by atoms with van der Waals surface area (Å²) in [4.78, 5) is 0.